The Morgan fingerprint density at radius 2 is 1.04 bits per heavy atom. The molecule has 4 aliphatic heterocycles. The number of nitrogens with one attached hydrogen (secondary N) is 2. The summed E-state index contributed by atoms with van der Waals surface area (Å²) in [4.78, 5) is 0. The molecule has 6 nitrogen and oxygen atoms in total. The lowest BCUT2D eigenvalue weighted by Gasteiger charge is -2.51. The number of hydrogen-bond donors (Lipinski definition) is 2. The van der Waals surface area contributed by atoms with Crippen molar-refractivity contribution in [2.45, 2.75) is 55.8 Å². The first-order valence-electron chi connectivity index (χ1n) is 16.2. The summed E-state index contributed by atoms with van der Waals surface area (Å²) in [6.45, 7) is 10.4. The molecule has 4 aromatic carbocycles. The van der Waals surface area contributed by atoms with Gasteiger partial charge in [0.2, 0.25) is 0 Å². The van der Waals surface area contributed by atoms with E-state index in [0.29, 0.717) is 13.5 Å². The van der Waals surface area contributed by atoms with Crippen LogP contribution < -0.4 is 29.2 Å². The average molecular weight is 589 g/mol. The summed E-state index contributed by atoms with van der Waals surface area (Å²) in [5.74, 6) is 3.34. The predicted octanol–water partition coefficient (Wildman–Crippen LogP) is 4.71. The maximum Gasteiger partial charge on any atom is 0.434 e. The van der Waals surface area contributed by atoms with Crippen molar-refractivity contribution in [2.24, 2.45) is 0 Å². The van der Waals surface area contributed by atoms with Crippen LogP contribution in [0.4, 0.5) is 0 Å². The van der Waals surface area contributed by atoms with Gasteiger partial charge in [-0.15, -0.1) is 9.13 Å². The zero-order valence-corrected chi connectivity index (χ0v) is 25.7. The molecule has 5 heterocycles. The summed E-state index contributed by atoms with van der Waals surface area (Å²) in [5.41, 5.74) is 14.8. The highest BCUT2D eigenvalue weighted by atomic mass is 16.5. The Labute approximate surface area is 261 Å². The monoisotopic (exact) mass is 588 g/mol. The Morgan fingerprint density at radius 3 is 1.53 bits per heavy atom. The molecule has 0 amide bonds. The highest BCUT2D eigenvalue weighted by molar-refractivity contribution is 5.88. The van der Waals surface area contributed by atoms with Gasteiger partial charge in [0.25, 0.3) is 11.3 Å². The lowest BCUT2D eigenvalue weighted by Crippen LogP contribution is -2.82. The van der Waals surface area contributed by atoms with Gasteiger partial charge in [-0.2, -0.15) is 0 Å². The van der Waals surface area contributed by atoms with E-state index in [0.717, 1.165) is 11.5 Å². The van der Waals surface area contributed by atoms with E-state index in [1.54, 1.807) is 0 Å². The fourth-order valence-electron chi connectivity index (χ4n) is 10.9. The molecule has 0 saturated carbocycles. The first-order valence-corrected chi connectivity index (χ1v) is 16.2. The third kappa shape index (κ3) is 2.13. The SMILES string of the molecule is CC1(C)c2cccc3c2C2(NCO3)c3c1ccc1c3C3c4c-1ccc1c4C4(NCOc5cccc(c54)C1(C)C)[n+]1ccc[n+]2c13. The highest BCUT2D eigenvalue weighted by Crippen LogP contribution is 2.65. The summed E-state index contributed by atoms with van der Waals surface area (Å²) in [7, 11) is 0. The van der Waals surface area contributed by atoms with E-state index in [1.807, 2.05) is 0 Å². The quantitative estimate of drug-likeness (QED) is 0.253. The second-order valence-electron chi connectivity index (χ2n) is 14.9. The normalized spacial score (nSPS) is 27.4. The van der Waals surface area contributed by atoms with Gasteiger partial charge in [0.05, 0.1) is 28.3 Å². The predicted molar refractivity (Wildman–Crippen MR) is 166 cm³/mol. The molecule has 0 bridgehead atoms. The fraction of sp³-hybridized carbons (Fsp3) is 0.282. The molecule has 12 rings (SSSR count). The molecule has 2 atom stereocenters. The van der Waals surface area contributed by atoms with Crippen LogP contribution in [0.3, 0.4) is 0 Å². The Morgan fingerprint density at radius 1 is 0.578 bits per heavy atom. The lowest BCUT2D eigenvalue weighted by molar-refractivity contribution is -0.887. The minimum absolute atomic E-state index is 0.112. The Balaban J connectivity index is 1.34. The van der Waals surface area contributed by atoms with Crippen molar-refractivity contribution in [3.8, 4) is 22.6 Å². The maximum absolute atomic E-state index is 6.40. The van der Waals surface area contributed by atoms with Crippen LogP contribution in [-0.4, -0.2) is 13.5 Å². The number of benzene rings is 4. The number of fused-ring (bicyclic) bond motifs is 1. The van der Waals surface area contributed by atoms with Gasteiger partial charge < -0.3 is 9.47 Å². The van der Waals surface area contributed by atoms with Crippen molar-refractivity contribution >= 4 is 0 Å². The minimum atomic E-state index is -0.602. The molecule has 218 valence electrons. The van der Waals surface area contributed by atoms with Crippen molar-refractivity contribution in [2.75, 3.05) is 13.5 Å². The Kier molecular flexibility index (Phi) is 3.62. The fourth-order valence-corrected chi connectivity index (χ4v) is 10.9. The van der Waals surface area contributed by atoms with Gasteiger partial charge in [-0.1, -0.05) is 76.2 Å². The van der Waals surface area contributed by atoms with Crippen molar-refractivity contribution in [3.05, 3.63) is 141 Å². The Hall–Kier alpha value is -4.52. The van der Waals surface area contributed by atoms with Gasteiger partial charge in [0.1, 0.15) is 25.0 Å². The zero-order valence-electron chi connectivity index (χ0n) is 25.7. The van der Waals surface area contributed by atoms with Gasteiger partial charge in [-0.25, -0.2) is 10.6 Å². The molecule has 45 heavy (non-hydrogen) atoms. The van der Waals surface area contributed by atoms with Gasteiger partial charge >= 0.3 is 5.82 Å². The highest BCUT2D eigenvalue weighted by Gasteiger charge is 2.72. The summed E-state index contributed by atoms with van der Waals surface area (Å²) in [5, 5.41) is 8.00. The van der Waals surface area contributed by atoms with Crippen molar-refractivity contribution in [3.63, 3.8) is 0 Å². The van der Waals surface area contributed by atoms with Crippen LogP contribution in [0.25, 0.3) is 11.1 Å². The summed E-state index contributed by atoms with van der Waals surface area (Å²) in [6, 6.07) is 25.2. The maximum atomic E-state index is 6.40. The topological polar surface area (TPSA) is 50.3 Å². The third-order valence-electron chi connectivity index (χ3n) is 12.6. The number of aromatic nitrogens is 2. The molecule has 0 fully saturated rings. The van der Waals surface area contributed by atoms with E-state index >= 15 is 0 Å². The molecular weight excluding hydrogens is 556 g/mol. The first kappa shape index (κ1) is 23.8. The standard InChI is InChI=1S/C39H32N4O2/c1-36(2)22-8-5-10-26-31(22)38(40-18-44-26)33-24(36)14-12-20-21-13-15-25-34-29(21)30(28(20)33)35-42(38)16-7-17-43(35)39(34)32-23(37(25,3)4)9-6-11-27(32)45-19-41-39/h5-17,30,40-41H,18-19H2,1-4H3/q+2. The van der Waals surface area contributed by atoms with Crippen LogP contribution in [0.1, 0.15) is 95.1 Å². The van der Waals surface area contributed by atoms with E-state index in [4.69, 9.17) is 9.47 Å². The van der Waals surface area contributed by atoms with Crippen LogP contribution in [0.15, 0.2) is 79.1 Å². The lowest BCUT2D eigenvalue weighted by atomic mass is 9.59. The Bertz CT molecular complexity index is 2160. The van der Waals surface area contributed by atoms with Gasteiger partial charge in [0, 0.05) is 10.8 Å². The van der Waals surface area contributed by atoms with Crippen molar-refractivity contribution in [1.82, 2.24) is 10.6 Å². The smallest absolute Gasteiger partial charge is 0.434 e. The van der Waals surface area contributed by atoms with Gasteiger partial charge in [0.15, 0.2) is 18.3 Å². The molecule has 2 spiro atoms. The van der Waals surface area contributed by atoms with Crippen LogP contribution >= 0.6 is 0 Å². The molecule has 0 radical (unpaired) electrons. The van der Waals surface area contributed by atoms with E-state index in [9.17, 15) is 0 Å². The number of hydrogen-bond acceptors (Lipinski definition) is 4. The van der Waals surface area contributed by atoms with Crippen LogP contribution in [0.5, 0.6) is 11.5 Å². The molecule has 5 aromatic rings. The summed E-state index contributed by atoms with van der Waals surface area (Å²) in [6.07, 6.45) is 4.62. The van der Waals surface area contributed by atoms with Gasteiger partial charge in [-0.3, -0.25) is 0 Å². The molecule has 6 heteroatoms. The number of nitrogens with zero attached hydrogens (tertiary/aromatic N) is 2. The third-order valence-corrected chi connectivity index (χ3v) is 12.6. The van der Waals surface area contributed by atoms with Crippen molar-refractivity contribution in [1.29, 1.82) is 0 Å². The summed E-state index contributed by atoms with van der Waals surface area (Å²) < 4.78 is 18.0. The average Bonchev–Trinajstić information content (AvgIpc) is 3.40. The molecule has 3 aliphatic carbocycles. The zero-order chi connectivity index (χ0) is 29.8. The molecule has 2 N–H and O–H groups in total. The van der Waals surface area contributed by atoms with Crippen LogP contribution in [0, 0.1) is 0 Å². The number of ether oxygens (including phenoxy) is 2. The van der Waals surface area contributed by atoms with Crippen LogP contribution in [-0.2, 0) is 22.2 Å². The molecule has 0 saturated heterocycles. The van der Waals surface area contributed by atoms with Crippen LogP contribution in [0.2, 0.25) is 0 Å². The van der Waals surface area contributed by atoms with E-state index in [2.05, 4.69) is 127 Å². The van der Waals surface area contributed by atoms with Crippen molar-refractivity contribution < 1.29 is 18.6 Å². The molecule has 7 aliphatic rings. The molecule has 1 aromatic heterocycles. The minimum Gasteiger partial charge on any atom is -0.477 e. The molecule has 2 unspecified atom stereocenters. The second-order valence-corrected chi connectivity index (χ2v) is 14.9. The second kappa shape index (κ2) is 6.84. The van der Waals surface area contributed by atoms with Gasteiger partial charge in [-0.05, 0) is 56.6 Å². The van der Waals surface area contributed by atoms with E-state index in [1.165, 1.54) is 72.6 Å². The van der Waals surface area contributed by atoms with E-state index < -0.39 is 11.3 Å². The number of rotatable bonds is 0. The summed E-state index contributed by atoms with van der Waals surface area (Å²) >= 11 is 0. The van der Waals surface area contributed by atoms with E-state index in [-0.39, 0.29) is 16.7 Å². The molecular formula is C39H32N4O2+2. The first-order chi connectivity index (χ1) is 21.8. The largest absolute Gasteiger partial charge is 0.477 e.